The van der Waals surface area contributed by atoms with Gasteiger partial charge in [0.25, 0.3) is 0 Å². The number of rotatable bonds is 3. The molecular formula is C18H21N2OV+. The normalized spacial score (nSPS) is 14.9. The summed E-state index contributed by atoms with van der Waals surface area (Å²) < 4.78 is 7.42. The van der Waals surface area contributed by atoms with Crippen molar-refractivity contribution in [3.8, 4) is 0 Å². The summed E-state index contributed by atoms with van der Waals surface area (Å²) in [6.07, 6.45) is 8.41. The van der Waals surface area contributed by atoms with Crippen molar-refractivity contribution >= 4 is 17.8 Å². The van der Waals surface area contributed by atoms with E-state index >= 15 is 0 Å². The fourth-order valence-electron chi connectivity index (χ4n) is 2.43. The van der Waals surface area contributed by atoms with E-state index in [2.05, 4.69) is 65.8 Å². The molecule has 3 nitrogen and oxygen atoms in total. The Balaban J connectivity index is 0.00000176. The van der Waals surface area contributed by atoms with Gasteiger partial charge < -0.3 is 9.64 Å². The fraction of sp³-hybridized carbons (Fsp3) is 0.278. The van der Waals surface area contributed by atoms with E-state index in [1.807, 2.05) is 11.6 Å². The molecule has 0 aliphatic carbocycles. The number of aromatic nitrogens is 1. The van der Waals surface area contributed by atoms with E-state index in [-0.39, 0.29) is 18.6 Å². The average molecular weight is 332 g/mol. The third kappa shape index (κ3) is 4.47. The number of anilines is 1. The monoisotopic (exact) mass is 332 g/mol. The zero-order valence-electron chi connectivity index (χ0n) is 12.9. The largest absolute Gasteiger partial charge is 0.378 e. The zero-order chi connectivity index (χ0) is 14.5. The van der Waals surface area contributed by atoms with Gasteiger partial charge in [-0.05, 0) is 23.3 Å². The van der Waals surface area contributed by atoms with Gasteiger partial charge in [0.05, 0.1) is 13.2 Å². The molecule has 1 aliphatic heterocycles. The van der Waals surface area contributed by atoms with E-state index in [0.717, 1.165) is 26.3 Å². The summed E-state index contributed by atoms with van der Waals surface area (Å²) >= 11 is 0. The molecule has 0 atom stereocenters. The molecule has 1 aromatic carbocycles. The second-order valence-corrected chi connectivity index (χ2v) is 5.32. The van der Waals surface area contributed by atoms with Crippen LogP contribution in [0.3, 0.4) is 0 Å². The van der Waals surface area contributed by atoms with Crippen LogP contribution in [0.4, 0.5) is 5.69 Å². The second-order valence-electron chi connectivity index (χ2n) is 5.32. The van der Waals surface area contributed by atoms with Crippen molar-refractivity contribution in [2.45, 2.75) is 0 Å². The Morgan fingerprint density at radius 3 is 2.05 bits per heavy atom. The van der Waals surface area contributed by atoms with E-state index in [9.17, 15) is 0 Å². The molecule has 1 aliphatic rings. The first-order valence-electron chi connectivity index (χ1n) is 7.37. The van der Waals surface area contributed by atoms with Crippen LogP contribution in [0, 0.1) is 0 Å². The summed E-state index contributed by atoms with van der Waals surface area (Å²) in [4.78, 5) is 2.37. The Morgan fingerprint density at radius 1 is 0.909 bits per heavy atom. The van der Waals surface area contributed by atoms with Gasteiger partial charge >= 0.3 is 0 Å². The number of ether oxygens (including phenoxy) is 1. The molecule has 3 rings (SSSR count). The van der Waals surface area contributed by atoms with Crippen molar-refractivity contribution in [1.82, 2.24) is 0 Å². The molecule has 113 valence electrons. The first kappa shape index (κ1) is 16.8. The van der Waals surface area contributed by atoms with Gasteiger partial charge in [0, 0.05) is 49.5 Å². The SMILES string of the molecule is C[n+]1ccc(/C=C/c2ccc(N3CCOCC3)cc2)cc1.[V]. The Morgan fingerprint density at radius 2 is 1.45 bits per heavy atom. The molecular weight excluding hydrogens is 311 g/mol. The van der Waals surface area contributed by atoms with Gasteiger partial charge in [0.2, 0.25) is 0 Å². The molecule has 0 N–H and O–H groups in total. The molecule has 1 saturated heterocycles. The molecule has 2 aromatic rings. The Kier molecular flexibility index (Phi) is 6.26. The standard InChI is InChI=1S/C18H21N2O.V/c1-19-10-8-17(9-11-19)3-2-16-4-6-18(7-5-16)20-12-14-21-15-13-20;/h2-11H,12-15H2,1H3;/q+1;. The van der Waals surface area contributed by atoms with Crippen molar-refractivity contribution < 1.29 is 27.9 Å². The Labute approximate surface area is 144 Å². The predicted octanol–water partition coefficient (Wildman–Crippen LogP) is 2.52. The third-order valence-corrected chi connectivity index (χ3v) is 3.74. The number of aryl methyl sites for hydroxylation is 1. The minimum atomic E-state index is 0. The first-order chi connectivity index (χ1) is 10.3. The number of morpholine rings is 1. The maximum Gasteiger partial charge on any atom is 0.169 e. The summed E-state index contributed by atoms with van der Waals surface area (Å²) in [6.45, 7) is 3.62. The Hall–Kier alpha value is -1.55. The van der Waals surface area contributed by atoms with E-state index < -0.39 is 0 Å². The van der Waals surface area contributed by atoms with Crippen LogP contribution in [0.5, 0.6) is 0 Å². The molecule has 1 radical (unpaired) electrons. The molecule has 1 fully saturated rings. The van der Waals surface area contributed by atoms with Crippen LogP contribution in [0.2, 0.25) is 0 Å². The first-order valence-corrected chi connectivity index (χ1v) is 7.37. The van der Waals surface area contributed by atoms with E-state index in [0.29, 0.717) is 0 Å². The van der Waals surface area contributed by atoms with Gasteiger partial charge in [0.15, 0.2) is 12.4 Å². The third-order valence-electron chi connectivity index (χ3n) is 3.74. The van der Waals surface area contributed by atoms with Gasteiger partial charge in [-0.25, -0.2) is 4.57 Å². The smallest absolute Gasteiger partial charge is 0.169 e. The maximum absolute atomic E-state index is 5.39. The van der Waals surface area contributed by atoms with E-state index in [4.69, 9.17) is 4.74 Å². The molecule has 0 spiro atoms. The molecule has 1 aromatic heterocycles. The van der Waals surface area contributed by atoms with E-state index in [1.54, 1.807) is 0 Å². The zero-order valence-corrected chi connectivity index (χ0v) is 14.2. The minimum Gasteiger partial charge on any atom is -0.378 e. The number of pyridine rings is 1. The number of hydrogen-bond donors (Lipinski definition) is 0. The van der Waals surface area contributed by atoms with Crippen molar-refractivity contribution in [2.75, 3.05) is 31.2 Å². The average Bonchev–Trinajstić information content (AvgIpc) is 2.56. The van der Waals surface area contributed by atoms with Crippen LogP contribution in [0.25, 0.3) is 12.2 Å². The fourth-order valence-corrected chi connectivity index (χ4v) is 2.43. The van der Waals surface area contributed by atoms with Crippen LogP contribution >= 0.6 is 0 Å². The van der Waals surface area contributed by atoms with Gasteiger partial charge in [-0.15, -0.1) is 0 Å². The van der Waals surface area contributed by atoms with Gasteiger partial charge in [-0.2, -0.15) is 0 Å². The van der Waals surface area contributed by atoms with Crippen molar-refractivity contribution in [3.05, 3.63) is 59.9 Å². The topological polar surface area (TPSA) is 16.4 Å². The van der Waals surface area contributed by atoms with E-state index in [1.165, 1.54) is 16.8 Å². The van der Waals surface area contributed by atoms with Crippen LogP contribution < -0.4 is 9.47 Å². The maximum atomic E-state index is 5.39. The van der Waals surface area contributed by atoms with Gasteiger partial charge in [-0.1, -0.05) is 24.3 Å². The van der Waals surface area contributed by atoms with Crippen LogP contribution in [-0.4, -0.2) is 26.3 Å². The molecule has 0 bridgehead atoms. The van der Waals surface area contributed by atoms with Crippen LogP contribution in [0.1, 0.15) is 11.1 Å². The number of benzene rings is 1. The summed E-state index contributed by atoms with van der Waals surface area (Å²) in [5, 5.41) is 0. The van der Waals surface area contributed by atoms with Crippen LogP contribution in [-0.2, 0) is 30.3 Å². The van der Waals surface area contributed by atoms with Crippen molar-refractivity contribution in [3.63, 3.8) is 0 Å². The molecule has 0 saturated carbocycles. The van der Waals surface area contributed by atoms with Gasteiger partial charge in [-0.3, -0.25) is 0 Å². The van der Waals surface area contributed by atoms with Crippen molar-refractivity contribution in [2.24, 2.45) is 7.05 Å². The quantitative estimate of drug-likeness (QED) is 0.803. The summed E-state index contributed by atoms with van der Waals surface area (Å²) in [5.74, 6) is 0. The molecule has 0 amide bonds. The summed E-state index contributed by atoms with van der Waals surface area (Å²) in [7, 11) is 2.03. The van der Waals surface area contributed by atoms with Crippen molar-refractivity contribution in [1.29, 1.82) is 0 Å². The predicted molar refractivity (Wildman–Crippen MR) is 86.0 cm³/mol. The second kappa shape index (κ2) is 8.18. The number of nitrogens with zero attached hydrogens (tertiary/aromatic N) is 2. The van der Waals surface area contributed by atoms with Gasteiger partial charge in [0.1, 0.15) is 7.05 Å². The Bertz CT molecular complexity index is 602. The molecule has 22 heavy (non-hydrogen) atoms. The number of hydrogen-bond acceptors (Lipinski definition) is 2. The van der Waals surface area contributed by atoms with Crippen LogP contribution in [0.15, 0.2) is 48.8 Å². The summed E-state index contributed by atoms with van der Waals surface area (Å²) in [5.41, 5.74) is 3.72. The molecule has 0 unspecified atom stereocenters. The minimum absolute atomic E-state index is 0. The molecule has 4 heteroatoms. The summed E-state index contributed by atoms with van der Waals surface area (Å²) in [6, 6.07) is 12.9. The molecule has 2 heterocycles.